The Kier molecular flexibility index (Phi) is 3.58. The van der Waals surface area contributed by atoms with E-state index in [-0.39, 0.29) is 5.91 Å². The molecule has 3 rings (SSSR count). The summed E-state index contributed by atoms with van der Waals surface area (Å²) in [6, 6.07) is 1.58. The summed E-state index contributed by atoms with van der Waals surface area (Å²) in [4.78, 5) is 12.5. The number of aromatic nitrogens is 2. The Morgan fingerprint density at radius 2 is 2.15 bits per heavy atom. The van der Waals surface area contributed by atoms with E-state index in [9.17, 15) is 4.79 Å². The molecule has 1 aliphatic heterocycles. The molecule has 8 heteroatoms. The summed E-state index contributed by atoms with van der Waals surface area (Å²) in [6.07, 6.45) is 0.794. The fraction of sp³-hybridized carbons (Fsp3) is 0.417. The lowest BCUT2D eigenvalue weighted by molar-refractivity contribution is -0.123. The van der Waals surface area contributed by atoms with Crippen molar-refractivity contribution in [2.45, 2.75) is 13.3 Å². The van der Waals surface area contributed by atoms with E-state index in [0.717, 1.165) is 24.7 Å². The molecule has 0 bridgehead atoms. The second-order valence-electron chi connectivity index (χ2n) is 5.12. The first-order valence-electron chi connectivity index (χ1n) is 6.14. The summed E-state index contributed by atoms with van der Waals surface area (Å²) in [5.41, 5.74) is 1.15. The number of benzene rings is 1. The number of hydrogen-bond acceptors (Lipinski definition) is 5. The average Bonchev–Trinajstić information content (AvgIpc) is 3.03. The zero-order valence-corrected chi connectivity index (χ0v) is 13.0. The van der Waals surface area contributed by atoms with Crippen molar-refractivity contribution in [3.63, 3.8) is 0 Å². The van der Waals surface area contributed by atoms with Crippen LogP contribution in [0.5, 0.6) is 0 Å². The molecule has 1 aromatic heterocycles. The van der Waals surface area contributed by atoms with Gasteiger partial charge < -0.3 is 10.6 Å². The standard InChI is InChI=1S/C12H12Cl2N4OS/c1-12(2-3-15-5-12)11(19)16-8-6(13)4-7(14)9-10(8)18-20-17-9/h4,15H,2-3,5H2,1H3,(H,16,19). The van der Waals surface area contributed by atoms with Crippen molar-refractivity contribution in [3.8, 4) is 0 Å². The predicted molar refractivity (Wildman–Crippen MR) is 81.7 cm³/mol. The zero-order valence-electron chi connectivity index (χ0n) is 10.7. The normalized spacial score (nSPS) is 22.4. The monoisotopic (exact) mass is 330 g/mol. The van der Waals surface area contributed by atoms with Gasteiger partial charge in [0.25, 0.3) is 0 Å². The summed E-state index contributed by atoms with van der Waals surface area (Å²) in [7, 11) is 0. The van der Waals surface area contributed by atoms with Crippen LogP contribution >= 0.6 is 34.9 Å². The van der Waals surface area contributed by atoms with E-state index in [1.54, 1.807) is 6.07 Å². The smallest absolute Gasteiger partial charge is 0.231 e. The minimum absolute atomic E-state index is 0.0685. The van der Waals surface area contributed by atoms with Crippen LogP contribution in [0.1, 0.15) is 13.3 Å². The molecule has 1 saturated heterocycles. The molecule has 1 amide bonds. The highest BCUT2D eigenvalue weighted by molar-refractivity contribution is 7.00. The Balaban J connectivity index is 1.99. The lowest BCUT2D eigenvalue weighted by Gasteiger charge is -2.22. The van der Waals surface area contributed by atoms with E-state index in [2.05, 4.69) is 19.4 Å². The number of rotatable bonds is 2. The molecule has 0 aliphatic carbocycles. The Bertz CT molecular complexity index is 681. The fourth-order valence-electron chi connectivity index (χ4n) is 2.27. The first-order valence-corrected chi connectivity index (χ1v) is 7.62. The molecule has 1 aliphatic rings. The van der Waals surface area contributed by atoms with Crippen LogP contribution in [-0.4, -0.2) is 27.7 Å². The molecule has 0 saturated carbocycles. The van der Waals surface area contributed by atoms with Crippen molar-refractivity contribution < 1.29 is 4.79 Å². The summed E-state index contributed by atoms with van der Waals surface area (Å²) in [6.45, 7) is 3.43. The van der Waals surface area contributed by atoms with Gasteiger partial charge in [0.1, 0.15) is 11.0 Å². The maximum Gasteiger partial charge on any atom is 0.231 e. The topological polar surface area (TPSA) is 66.9 Å². The number of halogens is 2. The summed E-state index contributed by atoms with van der Waals surface area (Å²) in [5, 5.41) is 6.89. The van der Waals surface area contributed by atoms with Gasteiger partial charge in [-0.2, -0.15) is 8.75 Å². The molecule has 1 aromatic carbocycles. The number of hydrogen-bond donors (Lipinski definition) is 2. The molecule has 1 fully saturated rings. The summed E-state index contributed by atoms with van der Waals surface area (Å²) < 4.78 is 8.29. The number of nitrogens with zero attached hydrogens (tertiary/aromatic N) is 2. The molecule has 2 aromatic rings. The molecule has 20 heavy (non-hydrogen) atoms. The van der Waals surface area contributed by atoms with Crippen LogP contribution in [-0.2, 0) is 4.79 Å². The van der Waals surface area contributed by atoms with Crippen LogP contribution in [0.15, 0.2) is 6.07 Å². The van der Waals surface area contributed by atoms with Crippen molar-refractivity contribution in [1.29, 1.82) is 0 Å². The fourth-order valence-corrected chi connectivity index (χ4v) is 3.43. The van der Waals surface area contributed by atoms with Crippen LogP contribution in [0.4, 0.5) is 5.69 Å². The van der Waals surface area contributed by atoms with Gasteiger partial charge in [0.15, 0.2) is 0 Å². The Morgan fingerprint density at radius 1 is 1.40 bits per heavy atom. The van der Waals surface area contributed by atoms with Crippen molar-refractivity contribution >= 4 is 57.6 Å². The van der Waals surface area contributed by atoms with Crippen molar-refractivity contribution in [3.05, 3.63) is 16.1 Å². The van der Waals surface area contributed by atoms with Crippen molar-refractivity contribution in [2.24, 2.45) is 5.41 Å². The van der Waals surface area contributed by atoms with Crippen LogP contribution in [0.25, 0.3) is 11.0 Å². The van der Waals surface area contributed by atoms with E-state index in [4.69, 9.17) is 23.2 Å². The van der Waals surface area contributed by atoms with Crippen LogP contribution in [0, 0.1) is 5.41 Å². The van der Waals surface area contributed by atoms with Gasteiger partial charge in [0.05, 0.1) is 32.9 Å². The van der Waals surface area contributed by atoms with Crippen molar-refractivity contribution in [2.75, 3.05) is 18.4 Å². The van der Waals surface area contributed by atoms with Gasteiger partial charge >= 0.3 is 0 Å². The van der Waals surface area contributed by atoms with Gasteiger partial charge in [0.2, 0.25) is 5.91 Å². The van der Waals surface area contributed by atoms with E-state index in [1.807, 2.05) is 6.92 Å². The third kappa shape index (κ3) is 2.26. The maximum absolute atomic E-state index is 12.5. The molecular formula is C12H12Cl2N4OS. The third-order valence-electron chi connectivity index (χ3n) is 3.60. The molecule has 106 valence electrons. The Labute approximate surface area is 130 Å². The van der Waals surface area contributed by atoms with Crippen molar-refractivity contribution in [1.82, 2.24) is 14.1 Å². The second-order valence-corrected chi connectivity index (χ2v) is 6.46. The van der Waals surface area contributed by atoms with E-state index >= 15 is 0 Å². The minimum atomic E-state index is -0.432. The maximum atomic E-state index is 12.5. The van der Waals surface area contributed by atoms with Crippen LogP contribution in [0.2, 0.25) is 10.0 Å². The average molecular weight is 331 g/mol. The number of anilines is 1. The molecule has 1 unspecified atom stereocenters. The third-order valence-corrected chi connectivity index (χ3v) is 4.71. The highest BCUT2D eigenvalue weighted by atomic mass is 35.5. The predicted octanol–water partition coefficient (Wildman–Crippen LogP) is 2.94. The molecule has 5 nitrogen and oxygen atoms in total. The number of carbonyl (C=O) groups excluding carboxylic acids is 1. The molecule has 2 heterocycles. The van der Waals surface area contributed by atoms with Gasteiger partial charge in [-0.15, -0.1) is 0 Å². The quantitative estimate of drug-likeness (QED) is 0.888. The molecule has 0 radical (unpaired) electrons. The first-order chi connectivity index (χ1) is 9.51. The minimum Gasteiger partial charge on any atom is -0.322 e. The SMILES string of the molecule is CC1(C(=O)Nc2c(Cl)cc(Cl)c3nsnc23)CCNC1. The number of fused-ring (bicyclic) bond motifs is 1. The van der Waals surface area contributed by atoms with Gasteiger partial charge in [-0.1, -0.05) is 23.2 Å². The van der Waals surface area contributed by atoms with Gasteiger partial charge in [-0.05, 0) is 26.0 Å². The molecule has 1 atom stereocenters. The van der Waals surface area contributed by atoms with Gasteiger partial charge in [-0.3, -0.25) is 4.79 Å². The second kappa shape index (κ2) is 5.11. The molecule has 2 N–H and O–H groups in total. The number of amides is 1. The van der Waals surface area contributed by atoms with Crippen LogP contribution < -0.4 is 10.6 Å². The summed E-state index contributed by atoms with van der Waals surface area (Å²) in [5.74, 6) is -0.0685. The highest BCUT2D eigenvalue weighted by Gasteiger charge is 2.37. The van der Waals surface area contributed by atoms with E-state index < -0.39 is 5.41 Å². The lowest BCUT2D eigenvalue weighted by atomic mass is 9.88. The zero-order chi connectivity index (χ0) is 14.3. The first kappa shape index (κ1) is 14.0. The molecule has 0 spiro atoms. The lowest BCUT2D eigenvalue weighted by Crippen LogP contribution is -2.35. The highest BCUT2D eigenvalue weighted by Crippen LogP contribution is 2.36. The van der Waals surface area contributed by atoms with Gasteiger partial charge in [0, 0.05) is 6.54 Å². The summed E-state index contributed by atoms with van der Waals surface area (Å²) >= 11 is 13.3. The van der Waals surface area contributed by atoms with E-state index in [1.165, 1.54) is 0 Å². The van der Waals surface area contributed by atoms with Crippen LogP contribution in [0.3, 0.4) is 0 Å². The largest absolute Gasteiger partial charge is 0.322 e. The Morgan fingerprint density at radius 3 is 2.85 bits per heavy atom. The molecular weight excluding hydrogens is 319 g/mol. The number of carbonyl (C=O) groups is 1. The van der Waals surface area contributed by atoms with E-state index in [0.29, 0.717) is 33.3 Å². The Hall–Kier alpha value is -0.950. The number of nitrogens with one attached hydrogen (secondary N) is 2. The van der Waals surface area contributed by atoms with Gasteiger partial charge in [-0.25, -0.2) is 0 Å².